The van der Waals surface area contributed by atoms with Crippen LogP contribution in [0.3, 0.4) is 0 Å². The fourth-order valence-electron chi connectivity index (χ4n) is 3.48. The summed E-state index contributed by atoms with van der Waals surface area (Å²) in [7, 11) is 2.12. The number of rotatable bonds is 5. The van der Waals surface area contributed by atoms with Gasteiger partial charge in [0, 0.05) is 23.0 Å². The molecule has 110 valence electrons. The Morgan fingerprint density at radius 3 is 2.70 bits per heavy atom. The van der Waals surface area contributed by atoms with Crippen LogP contribution >= 0.6 is 15.9 Å². The lowest BCUT2D eigenvalue weighted by Crippen LogP contribution is -2.40. The van der Waals surface area contributed by atoms with E-state index in [-0.39, 0.29) is 5.41 Å². The summed E-state index contributed by atoms with van der Waals surface area (Å²) in [6.45, 7) is 4.04. The first-order valence-corrected chi connectivity index (χ1v) is 8.22. The Kier molecular flexibility index (Phi) is 5.39. The second-order valence-corrected chi connectivity index (χ2v) is 7.40. The van der Waals surface area contributed by atoms with Gasteiger partial charge in [0.1, 0.15) is 6.29 Å². The van der Waals surface area contributed by atoms with Crippen molar-refractivity contribution in [2.75, 3.05) is 13.6 Å². The third-order valence-corrected chi connectivity index (χ3v) is 4.86. The van der Waals surface area contributed by atoms with Gasteiger partial charge in [0.05, 0.1) is 0 Å². The molecule has 0 bridgehead atoms. The van der Waals surface area contributed by atoms with Gasteiger partial charge in [-0.15, -0.1) is 0 Å². The van der Waals surface area contributed by atoms with Gasteiger partial charge in [-0.3, -0.25) is 0 Å². The molecular formula is C17H24BrNO. The fraction of sp³-hybridized carbons (Fsp3) is 0.588. The molecule has 20 heavy (non-hydrogen) atoms. The number of aldehydes is 1. The maximum Gasteiger partial charge on any atom is 0.127 e. The Labute approximate surface area is 130 Å². The molecule has 2 unspecified atom stereocenters. The van der Waals surface area contributed by atoms with E-state index in [4.69, 9.17) is 0 Å². The number of nitrogens with zero attached hydrogens (tertiary/aromatic N) is 1. The van der Waals surface area contributed by atoms with Crippen molar-refractivity contribution >= 4 is 22.2 Å². The molecule has 0 aromatic heterocycles. The van der Waals surface area contributed by atoms with Gasteiger partial charge < -0.3 is 9.69 Å². The first kappa shape index (κ1) is 15.7. The Morgan fingerprint density at radius 1 is 1.40 bits per heavy atom. The maximum atomic E-state index is 11.6. The third-order valence-electron chi connectivity index (χ3n) is 4.33. The summed E-state index contributed by atoms with van der Waals surface area (Å²) in [6.07, 6.45) is 5.77. The molecule has 1 saturated carbocycles. The van der Waals surface area contributed by atoms with Crippen LogP contribution in [0, 0.1) is 11.3 Å². The van der Waals surface area contributed by atoms with Crippen molar-refractivity contribution in [2.24, 2.45) is 11.3 Å². The molecule has 2 atom stereocenters. The molecule has 3 heteroatoms. The zero-order valence-electron chi connectivity index (χ0n) is 12.4. The van der Waals surface area contributed by atoms with Gasteiger partial charge in [0.2, 0.25) is 0 Å². The second kappa shape index (κ2) is 6.86. The van der Waals surface area contributed by atoms with Crippen LogP contribution in [0.5, 0.6) is 0 Å². The van der Waals surface area contributed by atoms with E-state index in [1.54, 1.807) is 0 Å². The molecule has 1 fully saturated rings. The molecule has 2 nitrogen and oxygen atoms in total. The van der Waals surface area contributed by atoms with Gasteiger partial charge in [0.15, 0.2) is 0 Å². The summed E-state index contributed by atoms with van der Waals surface area (Å²) in [4.78, 5) is 13.9. The lowest BCUT2D eigenvalue weighted by molar-refractivity contribution is -0.119. The molecule has 0 N–H and O–H groups in total. The first-order chi connectivity index (χ1) is 9.53. The molecule has 0 aliphatic heterocycles. The second-order valence-electron chi connectivity index (χ2n) is 6.48. The van der Waals surface area contributed by atoms with E-state index in [2.05, 4.69) is 59.1 Å². The van der Waals surface area contributed by atoms with Crippen LogP contribution < -0.4 is 0 Å². The Morgan fingerprint density at radius 2 is 2.10 bits per heavy atom. The minimum absolute atomic E-state index is 0.123. The molecule has 0 heterocycles. The van der Waals surface area contributed by atoms with Gasteiger partial charge in [-0.1, -0.05) is 47.8 Å². The molecule has 0 radical (unpaired) electrons. The van der Waals surface area contributed by atoms with Gasteiger partial charge >= 0.3 is 0 Å². The van der Waals surface area contributed by atoms with Crippen LogP contribution in [0.15, 0.2) is 28.7 Å². The van der Waals surface area contributed by atoms with Crippen molar-refractivity contribution in [3.63, 3.8) is 0 Å². The predicted molar refractivity (Wildman–Crippen MR) is 86.6 cm³/mol. The predicted octanol–water partition coefficient (Wildman–Crippen LogP) is 4.28. The standard InChI is InChI=1S/C17H24BrNO/c1-14-4-3-9-17(10-14,13-20)12-19(2)11-15-5-7-16(18)8-6-15/h5-8,13-14H,3-4,9-12H2,1-2H3. The largest absolute Gasteiger partial charge is 0.303 e. The maximum absolute atomic E-state index is 11.6. The zero-order valence-corrected chi connectivity index (χ0v) is 14.0. The van der Waals surface area contributed by atoms with Crippen LogP contribution in [-0.4, -0.2) is 24.8 Å². The van der Waals surface area contributed by atoms with Crippen LogP contribution in [0.1, 0.15) is 38.2 Å². The molecular weight excluding hydrogens is 314 g/mol. The van der Waals surface area contributed by atoms with Crippen molar-refractivity contribution < 1.29 is 4.79 Å². The van der Waals surface area contributed by atoms with Crippen molar-refractivity contribution in [1.82, 2.24) is 4.90 Å². The first-order valence-electron chi connectivity index (χ1n) is 7.42. The van der Waals surface area contributed by atoms with Crippen LogP contribution in [0.4, 0.5) is 0 Å². The Balaban J connectivity index is 1.96. The quantitative estimate of drug-likeness (QED) is 0.747. The van der Waals surface area contributed by atoms with E-state index in [0.29, 0.717) is 5.92 Å². The van der Waals surface area contributed by atoms with E-state index >= 15 is 0 Å². The highest BCUT2D eigenvalue weighted by Gasteiger charge is 2.35. The van der Waals surface area contributed by atoms with E-state index < -0.39 is 0 Å². The Bertz CT molecular complexity index is 445. The lowest BCUT2D eigenvalue weighted by Gasteiger charge is -2.38. The normalized spacial score (nSPS) is 26.7. The highest BCUT2D eigenvalue weighted by atomic mass is 79.9. The van der Waals surface area contributed by atoms with Gasteiger partial charge in [-0.25, -0.2) is 0 Å². The van der Waals surface area contributed by atoms with Crippen LogP contribution in [-0.2, 0) is 11.3 Å². The molecule has 2 rings (SSSR count). The van der Waals surface area contributed by atoms with Crippen molar-refractivity contribution in [3.8, 4) is 0 Å². The number of hydrogen-bond donors (Lipinski definition) is 0. The molecule has 1 aliphatic rings. The van der Waals surface area contributed by atoms with E-state index in [0.717, 1.165) is 30.4 Å². The fourth-order valence-corrected chi connectivity index (χ4v) is 3.75. The van der Waals surface area contributed by atoms with E-state index in [1.807, 2.05) is 0 Å². The SMILES string of the molecule is CC1CCCC(C=O)(CN(C)Cc2ccc(Br)cc2)C1. The molecule has 0 spiro atoms. The number of halogens is 1. The molecule has 0 saturated heterocycles. The summed E-state index contributed by atoms with van der Waals surface area (Å²) < 4.78 is 1.11. The highest BCUT2D eigenvalue weighted by molar-refractivity contribution is 9.10. The minimum Gasteiger partial charge on any atom is -0.303 e. The zero-order chi connectivity index (χ0) is 14.6. The average Bonchev–Trinajstić information content (AvgIpc) is 2.41. The van der Waals surface area contributed by atoms with E-state index in [1.165, 1.54) is 24.7 Å². The smallest absolute Gasteiger partial charge is 0.127 e. The van der Waals surface area contributed by atoms with Gasteiger partial charge in [-0.05, 0) is 43.5 Å². The number of carbonyl (C=O) groups is 1. The number of hydrogen-bond acceptors (Lipinski definition) is 2. The van der Waals surface area contributed by atoms with E-state index in [9.17, 15) is 4.79 Å². The third kappa shape index (κ3) is 4.16. The topological polar surface area (TPSA) is 20.3 Å². The number of carbonyl (C=O) groups excluding carboxylic acids is 1. The summed E-state index contributed by atoms with van der Waals surface area (Å²) in [5, 5.41) is 0. The van der Waals surface area contributed by atoms with Crippen molar-refractivity contribution in [1.29, 1.82) is 0 Å². The van der Waals surface area contributed by atoms with Gasteiger partial charge in [0.25, 0.3) is 0 Å². The van der Waals surface area contributed by atoms with Gasteiger partial charge in [-0.2, -0.15) is 0 Å². The van der Waals surface area contributed by atoms with Crippen LogP contribution in [0.25, 0.3) is 0 Å². The molecule has 1 aromatic carbocycles. The summed E-state index contributed by atoms with van der Waals surface area (Å²) in [5.74, 6) is 0.676. The lowest BCUT2D eigenvalue weighted by atomic mass is 9.71. The minimum atomic E-state index is -0.123. The molecule has 1 aromatic rings. The molecule has 1 aliphatic carbocycles. The van der Waals surface area contributed by atoms with Crippen molar-refractivity contribution in [3.05, 3.63) is 34.3 Å². The summed E-state index contributed by atoms with van der Waals surface area (Å²) in [5.41, 5.74) is 1.17. The van der Waals surface area contributed by atoms with Crippen LogP contribution in [0.2, 0.25) is 0 Å². The average molecular weight is 338 g/mol. The summed E-state index contributed by atoms with van der Waals surface area (Å²) in [6, 6.07) is 8.41. The summed E-state index contributed by atoms with van der Waals surface area (Å²) >= 11 is 3.46. The number of benzene rings is 1. The monoisotopic (exact) mass is 337 g/mol. The Hall–Kier alpha value is -0.670. The molecule has 0 amide bonds. The van der Waals surface area contributed by atoms with Crippen molar-refractivity contribution in [2.45, 2.75) is 39.2 Å². The highest BCUT2D eigenvalue weighted by Crippen LogP contribution is 2.38.